The van der Waals surface area contributed by atoms with Crippen molar-refractivity contribution >= 4 is 57.6 Å². The smallest absolute Gasteiger partial charge is 0.276 e. The van der Waals surface area contributed by atoms with Crippen LogP contribution in [0.2, 0.25) is 0 Å². The minimum atomic E-state index is -0.663. The molecule has 1 saturated heterocycles. The summed E-state index contributed by atoms with van der Waals surface area (Å²) in [6, 6.07) is 9.62. The highest BCUT2D eigenvalue weighted by Gasteiger charge is 2.24. The second-order valence-corrected chi connectivity index (χ2v) is 14.2. The lowest BCUT2D eigenvalue weighted by Crippen LogP contribution is -2.42. The molecule has 1 aliphatic heterocycles. The van der Waals surface area contributed by atoms with Gasteiger partial charge in [0.2, 0.25) is 23.7 Å². The first-order chi connectivity index (χ1) is 28.4. The first-order valence-electron chi connectivity index (χ1n) is 19.3. The van der Waals surface area contributed by atoms with Crippen LogP contribution in [0.5, 0.6) is 11.5 Å². The summed E-state index contributed by atoms with van der Waals surface area (Å²) in [5, 5.41) is 17.9. The van der Waals surface area contributed by atoms with Gasteiger partial charge in [0.15, 0.2) is 0 Å². The summed E-state index contributed by atoms with van der Waals surface area (Å²) >= 11 is 0. The molecule has 0 aliphatic carbocycles. The number of aromatic nitrogens is 8. The number of ether oxygens (including phenoxy) is 2. The Kier molecular flexibility index (Phi) is 11.5. The van der Waals surface area contributed by atoms with Gasteiger partial charge in [-0.2, -0.15) is 10.2 Å². The van der Waals surface area contributed by atoms with Gasteiger partial charge in [-0.05, 0) is 89.5 Å². The van der Waals surface area contributed by atoms with Crippen LogP contribution in [0.3, 0.4) is 0 Å². The summed E-state index contributed by atoms with van der Waals surface area (Å²) in [6.45, 7) is 10.9. The van der Waals surface area contributed by atoms with Crippen molar-refractivity contribution in [3.05, 3.63) is 82.5 Å². The fraction of sp³-hybridized carbons (Fsp3) is 0.350. The summed E-state index contributed by atoms with van der Waals surface area (Å²) < 4.78 is 18.8. The molecule has 5 heterocycles. The van der Waals surface area contributed by atoms with Crippen molar-refractivity contribution in [2.24, 2.45) is 17.4 Å². The molecule has 0 unspecified atom stereocenters. The average Bonchev–Trinajstić information content (AvgIpc) is 3.95. The minimum Gasteiger partial charge on any atom is -0.494 e. The van der Waals surface area contributed by atoms with Crippen LogP contribution in [-0.4, -0.2) is 89.1 Å². The van der Waals surface area contributed by atoms with Gasteiger partial charge in [0.05, 0.1) is 36.1 Å². The predicted molar refractivity (Wildman–Crippen MR) is 220 cm³/mol. The average molecular weight is 806 g/mol. The van der Waals surface area contributed by atoms with Crippen molar-refractivity contribution in [2.45, 2.75) is 60.3 Å². The zero-order valence-electron chi connectivity index (χ0n) is 33.5. The highest BCUT2D eigenvalue weighted by Crippen LogP contribution is 2.33. The van der Waals surface area contributed by atoms with Gasteiger partial charge >= 0.3 is 0 Å². The number of hydrogen-bond donors (Lipinski definition) is 5. The summed E-state index contributed by atoms with van der Waals surface area (Å²) in [6.07, 6.45) is 4.52. The Balaban J connectivity index is 1.27. The zero-order valence-corrected chi connectivity index (χ0v) is 33.5. The maximum Gasteiger partial charge on any atom is 0.276 e. The molecule has 308 valence electrons. The van der Waals surface area contributed by atoms with Gasteiger partial charge in [-0.1, -0.05) is 12.2 Å². The third kappa shape index (κ3) is 8.22. The lowest BCUT2D eigenvalue weighted by Gasteiger charge is -2.26. The highest BCUT2D eigenvalue weighted by atomic mass is 16.5. The van der Waals surface area contributed by atoms with Crippen LogP contribution in [0.15, 0.2) is 48.6 Å². The number of carbonyl (C=O) groups is 4. The number of aryl methyl sites for hydroxylation is 4. The number of carbonyl (C=O) groups excluding carboxylic acids is 4. The lowest BCUT2D eigenvalue weighted by atomic mass is 10.0. The summed E-state index contributed by atoms with van der Waals surface area (Å²) in [5.41, 5.74) is 15.7. The maximum atomic E-state index is 13.7. The predicted octanol–water partition coefficient (Wildman–Crippen LogP) is 3.39. The molecule has 1 aliphatic rings. The van der Waals surface area contributed by atoms with E-state index in [1.807, 2.05) is 32.9 Å². The van der Waals surface area contributed by atoms with Crippen molar-refractivity contribution in [1.82, 2.24) is 44.0 Å². The lowest BCUT2D eigenvalue weighted by molar-refractivity contribution is 0.0991. The first kappa shape index (κ1) is 40.2. The Bertz CT molecular complexity index is 2630. The molecule has 2 aromatic carbocycles. The molecule has 19 heteroatoms. The topological polar surface area (TPSA) is 246 Å². The number of methoxy groups -OCH3 is 1. The molecule has 59 heavy (non-hydrogen) atoms. The molecular weight excluding hydrogens is 759 g/mol. The Morgan fingerprint density at radius 2 is 1.24 bits per heavy atom. The minimum absolute atomic E-state index is 0.179. The third-order valence-electron chi connectivity index (χ3n) is 10.1. The van der Waals surface area contributed by atoms with E-state index >= 15 is 0 Å². The van der Waals surface area contributed by atoms with Crippen LogP contribution in [-0.2, 0) is 26.2 Å². The summed E-state index contributed by atoms with van der Waals surface area (Å²) in [7, 11) is 1.47. The van der Waals surface area contributed by atoms with E-state index in [9.17, 15) is 19.2 Å². The zero-order chi connectivity index (χ0) is 42.0. The molecule has 4 amide bonds. The molecule has 4 aromatic heterocycles. The normalized spacial score (nSPS) is 13.0. The van der Waals surface area contributed by atoms with Gasteiger partial charge in [0.25, 0.3) is 11.8 Å². The number of amides is 4. The molecule has 0 atom stereocenters. The van der Waals surface area contributed by atoms with Crippen molar-refractivity contribution in [3.8, 4) is 11.5 Å². The molecule has 0 saturated carbocycles. The number of anilines is 2. The Morgan fingerprint density at radius 1 is 0.763 bits per heavy atom. The van der Waals surface area contributed by atoms with E-state index in [0.717, 1.165) is 19.5 Å². The molecule has 6 aromatic rings. The van der Waals surface area contributed by atoms with Crippen LogP contribution in [0.25, 0.3) is 22.1 Å². The monoisotopic (exact) mass is 805 g/mol. The quantitative estimate of drug-likeness (QED) is 0.0837. The standard InChI is InChI=1S/C40H47N13O6/c1-6-52-29(14-22(3)48-52)37(56)46-39-44-27-16-25(35(41)54)18-31(58-5)33(27)50(39)11-8-9-12-51-34-28(45-40(51)47-38(57)30-15-23(4)49-53(30)7-2)17-26(36(42)55)19-32(34)59-13-10-24-20-43-21-24/h8-9,14-19,24,43H,6-7,10-13,20-21H2,1-5H3,(H2,41,54)(H2,42,55)(H,44,46,56)(H,45,47,57)/b9-8+. The van der Waals surface area contributed by atoms with Crippen LogP contribution in [0, 0.1) is 19.8 Å². The number of fused-ring (bicyclic) bond motifs is 2. The number of nitrogens with one attached hydrogen (secondary N) is 3. The van der Waals surface area contributed by atoms with Gasteiger partial charge in [-0.15, -0.1) is 0 Å². The van der Waals surface area contributed by atoms with E-state index in [-0.39, 0.29) is 36.1 Å². The molecule has 0 radical (unpaired) electrons. The molecule has 7 N–H and O–H groups in total. The Labute approximate surface area is 338 Å². The number of rotatable bonds is 17. The third-order valence-corrected chi connectivity index (χ3v) is 10.1. The molecule has 7 rings (SSSR count). The van der Waals surface area contributed by atoms with Crippen LogP contribution in [0.1, 0.15) is 73.3 Å². The SMILES string of the molecule is CCn1nc(C)cc1C(=O)Nc1nc2cc(C(N)=O)cc(OC)c2n1C/C=C/Cn1c(NC(=O)c2cc(C)nn2CC)nc2cc(C(N)=O)cc(OCCC3CNC3)c21. The second kappa shape index (κ2) is 16.8. The van der Waals surface area contributed by atoms with Gasteiger partial charge in [0.1, 0.15) is 33.9 Å². The molecule has 0 bridgehead atoms. The second-order valence-electron chi connectivity index (χ2n) is 14.2. The largest absolute Gasteiger partial charge is 0.494 e. The van der Waals surface area contributed by atoms with Crippen LogP contribution in [0.4, 0.5) is 11.9 Å². The first-order valence-corrected chi connectivity index (χ1v) is 19.3. The van der Waals surface area contributed by atoms with Gasteiger partial charge in [-0.25, -0.2) is 9.97 Å². The highest BCUT2D eigenvalue weighted by molar-refractivity contribution is 6.05. The number of benzene rings is 2. The fourth-order valence-electron chi connectivity index (χ4n) is 7.07. The van der Waals surface area contributed by atoms with E-state index in [0.29, 0.717) is 82.0 Å². The van der Waals surface area contributed by atoms with Crippen molar-refractivity contribution < 1.29 is 28.7 Å². The van der Waals surface area contributed by atoms with Gasteiger partial charge in [0, 0.05) is 37.3 Å². The Hall–Kier alpha value is -7.02. The maximum absolute atomic E-state index is 13.7. The van der Waals surface area contributed by atoms with Gasteiger partial charge in [-0.3, -0.25) is 39.2 Å². The van der Waals surface area contributed by atoms with Crippen molar-refractivity contribution in [3.63, 3.8) is 0 Å². The van der Waals surface area contributed by atoms with E-state index in [4.69, 9.17) is 25.9 Å². The van der Waals surface area contributed by atoms with E-state index in [1.165, 1.54) is 13.2 Å². The molecule has 19 nitrogen and oxygen atoms in total. The van der Waals surface area contributed by atoms with Crippen molar-refractivity contribution in [1.29, 1.82) is 0 Å². The molecule has 1 fully saturated rings. The number of nitrogens with zero attached hydrogens (tertiary/aromatic N) is 8. The van der Waals surface area contributed by atoms with E-state index in [1.54, 1.807) is 55.8 Å². The number of primary amides is 2. The summed E-state index contributed by atoms with van der Waals surface area (Å²) in [4.78, 5) is 61.5. The number of nitrogens with two attached hydrogens (primary N) is 2. The van der Waals surface area contributed by atoms with E-state index in [2.05, 4.69) is 31.1 Å². The number of imidazole rings is 2. The fourth-order valence-corrected chi connectivity index (χ4v) is 7.07. The van der Waals surface area contributed by atoms with E-state index < -0.39 is 23.6 Å². The Morgan fingerprint density at radius 3 is 1.66 bits per heavy atom. The van der Waals surface area contributed by atoms with Crippen molar-refractivity contribution in [2.75, 3.05) is 37.4 Å². The summed E-state index contributed by atoms with van der Waals surface area (Å²) in [5.74, 6) is -0.572. The number of hydrogen-bond acceptors (Lipinski definition) is 11. The molecular formula is C40H47N13O6. The number of allylic oxidation sites excluding steroid dienone is 2. The van der Waals surface area contributed by atoms with Crippen LogP contribution < -0.4 is 36.9 Å². The van der Waals surface area contributed by atoms with Gasteiger partial charge < -0.3 is 35.4 Å². The molecule has 0 spiro atoms. The van der Waals surface area contributed by atoms with Crippen LogP contribution >= 0.6 is 0 Å².